The number of aliphatic imine (C=N–C) groups is 1. The molecule has 1 unspecified atom stereocenters. The van der Waals surface area contributed by atoms with Crippen molar-refractivity contribution in [3.05, 3.63) is 77.9 Å². The van der Waals surface area contributed by atoms with E-state index in [2.05, 4.69) is 25.8 Å². The van der Waals surface area contributed by atoms with Crippen LogP contribution in [-0.4, -0.2) is 34.3 Å². The molecular weight excluding hydrogens is 532 g/mol. The third kappa shape index (κ3) is 6.94. The Morgan fingerprint density at radius 1 is 1.09 bits per heavy atom. The smallest absolute Gasteiger partial charge is 0.356 e. The van der Waals surface area contributed by atoms with Gasteiger partial charge in [-0.3, -0.25) is 9.56 Å². The van der Waals surface area contributed by atoms with Crippen LogP contribution in [0.25, 0.3) is 5.69 Å². The molecular formula is C22H26F3IN6. The predicted molar refractivity (Wildman–Crippen MR) is 129 cm³/mol. The Morgan fingerprint density at radius 3 is 2.53 bits per heavy atom. The lowest BCUT2D eigenvalue weighted by atomic mass is 9.96. The molecule has 0 radical (unpaired) electrons. The normalized spacial score (nSPS) is 12.7. The number of rotatable bonds is 7. The van der Waals surface area contributed by atoms with Gasteiger partial charge in [0.05, 0.1) is 12.1 Å². The van der Waals surface area contributed by atoms with Gasteiger partial charge in [-0.15, -0.1) is 34.2 Å². The SMILES string of the molecule is CN=C(NCCC(C)c1cccc(C(F)(F)F)c1)NCc1nncn1-c1ccccc1.I. The summed E-state index contributed by atoms with van der Waals surface area (Å²) in [5.41, 5.74) is 1.00. The minimum Gasteiger partial charge on any atom is -0.356 e. The van der Waals surface area contributed by atoms with Crippen molar-refractivity contribution in [2.24, 2.45) is 4.99 Å². The molecule has 3 aromatic rings. The molecule has 2 N–H and O–H groups in total. The highest BCUT2D eigenvalue weighted by molar-refractivity contribution is 14.0. The summed E-state index contributed by atoms with van der Waals surface area (Å²) in [5, 5.41) is 14.5. The first-order chi connectivity index (χ1) is 14.9. The number of hydrogen-bond acceptors (Lipinski definition) is 3. The summed E-state index contributed by atoms with van der Waals surface area (Å²) < 4.78 is 40.7. The Labute approximate surface area is 202 Å². The monoisotopic (exact) mass is 558 g/mol. The highest BCUT2D eigenvalue weighted by Crippen LogP contribution is 2.31. The molecule has 0 fully saturated rings. The molecule has 32 heavy (non-hydrogen) atoms. The zero-order chi connectivity index (χ0) is 22.3. The minimum atomic E-state index is -4.33. The van der Waals surface area contributed by atoms with E-state index in [9.17, 15) is 13.2 Å². The second kappa shape index (κ2) is 11.8. The number of guanidine groups is 1. The van der Waals surface area contributed by atoms with E-state index in [1.807, 2.05) is 41.8 Å². The lowest BCUT2D eigenvalue weighted by Gasteiger charge is -2.16. The van der Waals surface area contributed by atoms with Gasteiger partial charge < -0.3 is 10.6 Å². The van der Waals surface area contributed by atoms with E-state index < -0.39 is 11.7 Å². The van der Waals surface area contributed by atoms with Crippen LogP contribution in [0.3, 0.4) is 0 Å². The fourth-order valence-corrected chi connectivity index (χ4v) is 3.16. The van der Waals surface area contributed by atoms with Gasteiger partial charge in [0, 0.05) is 19.3 Å². The Bertz CT molecular complexity index is 1000. The Morgan fingerprint density at radius 2 is 1.84 bits per heavy atom. The first-order valence-corrected chi connectivity index (χ1v) is 9.94. The number of alkyl halides is 3. The van der Waals surface area contributed by atoms with Gasteiger partial charge in [-0.05, 0) is 36.1 Å². The van der Waals surface area contributed by atoms with E-state index in [4.69, 9.17) is 0 Å². The number of halogens is 4. The first kappa shape index (κ1) is 25.6. The van der Waals surface area contributed by atoms with Crippen LogP contribution in [0.2, 0.25) is 0 Å². The molecule has 1 aromatic heterocycles. The average molecular weight is 558 g/mol. The van der Waals surface area contributed by atoms with Crippen molar-refractivity contribution in [1.82, 2.24) is 25.4 Å². The topological polar surface area (TPSA) is 67.1 Å². The fraction of sp³-hybridized carbons (Fsp3) is 0.318. The molecule has 2 aromatic carbocycles. The Balaban J connectivity index is 0.00000363. The van der Waals surface area contributed by atoms with Crippen LogP contribution >= 0.6 is 24.0 Å². The number of para-hydroxylation sites is 1. The number of benzene rings is 2. The van der Waals surface area contributed by atoms with Gasteiger partial charge in [-0.2, -0.15) is 13.2 Å². The van der Waals surface area contributed by atoms with Crippen molar-refractivity contribution in [2.45, 2.75) is 32.0 Å². The maximum atomic E-state index is 12.9. The molecule has 0 saturated carbocycles. The lowest BCUT2D eigenvalue weighted by Crippen LogP contribution is -2.38. The summed E-state index contributed by atoms with van der Waals surface area (Å²) in [6.45, 7) is 2.88. The van der Waals surface area contributed by atoms with Crippen LogP contribution in [-0.2, 0) is 12.7 Å². The van der Waals surface area contributed by atoms with Crippen molar-refractivity contribution in [3.63, 3.8) is 0 Å². The quantitative estimate of drug-likeness (QED) is 0.249. The van der Waals surface area contributed by atoms with Crippen molar-refractivity contribution in [1.29, 1.82) is 0 Å². The van der Waals surface area contributed by atoms with E-state index >= 15 is 0 Å². The first-order valence-electron chi connectivity index (χ1n) is 9.94. The van der Waals surface area contributed by atoms with Crippen LogP contribution in [0.4, 0.5) is 13.2 Å². The molecule has 10 heteroatoms. The molecule has 3 rings (SSSR count). The van der Waals surface area contributed by atoms with Gasteiger partial charge in [-0.1, -0.05) is 43.3 Å². The zero-order valence-corrected chi connectivity index (χ0v) is 20.1. The Hall–Kier alpha value is -2.63. The maximum absolute atomic E-state index is 12.9. The van der Waals surface area contributed by atoms with Crippen molar-refractivity contribution in [3.8, 4) is 5.69 Å². The number of hydrogen-bond donors (Lipinski definition) is 2. The van der Waals surface area contributed by atoms with Gasteiger partial charge in [0.25, 0.3) is 0 Å². The maximum Gasteiger partial charge on any atom is 0.416 e. The Kier molecular flexibility index (Phi) is 9.48. The van der Waals surface area contributed by atoms with Gasteiger partial charge in [0.1, 0.15) is 6.33 Å². The summed E-state index contributed by atoms with van der Waals surface area (Å²) in [6, 6.07) is 15.2. The van der Waals surface area contributed by atoms with Crippen LogP contribution < -0.4 is 10.6 Å². The summed E-state index contributed by atoms with van der Waals surface area (Å²) in [5.74, 6) is 1.28. The van der Waals surface area contributed by atoms with Gasteiger partial charge >= 0.3 is 6.18 Å². The molecule has 0 amide bonds. The van der Waals surface area contributed by atoms with Crippen LogP contribution in [0.15, 0.2) is 65.9 Å². The number of nitrogens with one attached hydrogen (secondary N) is 2. The lowest BCUT2D eigenvalue weighted by molar-refractivity contribution is -0.137. The van der Waals surface area contributed by atoms with E-state index in [0.717, 1.165) is 17.6 Å². The standard InChI is InChI=1S/C22H25F3N6.HI/c1-16(17-7-6-8-18(13-17)22(23,24)25)11-12-27-21(26-2)28-14-20-30-29-15-31(20)19-9-4-3-5-10-19;/h3-10,13,15-16H,11-12,14H2,1-2H3,(H2,26,27,28);1H. The second-order valence-electron chi connectivity index (χ2n) is 7.12. The summed E-state index contributed by atoms with van der Waals surface area (Å²) in [7, 11) is 1.66. The van der Waals surface area contributed by atoms with E-state index in [-0.39, 0.29) is 29.9 Å². The van der Waals surface area contributed by atoms with E-state index in [0.29, 0.717) is 31.0 Å². The highest BCUT2D eigenvalue weighted by atomic mass is 127. The van der Waals surface area contributed by atoms with Crippen molar-refractivity contribution >= 4 is 29.9 Å². The van der Waals surface area contributed by atoms with Crippen molar-refractivity contribution < 1.29 is 13.2 Å². The minimum absolute atomic E-state index is 0. The molecule has 1 atom stereocenters. The molecule has 172 valence electrons. The van der Waals surface area contributed by atoms with Crippen LogP contribution in [0.1, 0.15) is 36.2 Å². The number of nitrogens with zero attached hydrogens (tertiary/aromatic N) is 4. The average Bonchev–Trinajstić information content (AvgIpc) is 3.24. The van der Waals surface area contributed by atoms with Crippen LogP contribution in [0.5, 0.6) is 0 Å². The molecule has 0 spiro atoms. The van der Waals surface area contributed by atoms with Gasteiger partial charge in [0.15, 0.2) is 11.8 Å². The van der Waals surface area contributed by atoms with E-state index in [1.165, 1.54) is 12.1 Å². The second-order valence-corrected chi connectivity index (χ2v) is 7.12. The highest BCUT2D eigenvalue weighted by Gasteiger charge is 2.30. The third-order valence-corrected chi connectivity index (χ3v) is 4.94. The predicted octanol–water partition coefficient (Wildman–Crippen LogP) is 4.76. The summed E-state index contributed by atoms with van der Waals surface area (Å²) >= 11 is 0. The van der Waals surface area contributed by atoms with Gasteiger partial charge in [0.2, 0.25) is 0 Å². The molecule has 0 aliphatic carbocycles. The fourth-order valence-electron chi connectivity index (χ4n) is 3.16. The molecule has 0 saturated heterocycles. The summed E-state index contributed by atoms with van der Waals surface area (Å²) in [6.07, 6.45) is -2.03. The van der Waals surface area contributed by atoms with E-state index in [1.54, 1.807) is 19.4 Å². The van der Waals surface area contributed by atoms with Gasteiger partial charge in [-0.25, -0.2) is 0 Å². The van der Waals surface area contributed by atoms with Crippen LogP contribution in [0, 0.1) is 0 Å². The molecule has 0 aliphatic rings. The zero-order valence-electron chi connectivity index (χ0n) is 17.8. The molecule has 0 aliphatic heterocycles. The molecule has 0 bridgehead atoms. The molecule has 1 heterocycles. The third-order valence-electron chi connectivity index (χ3n) is 4.94. The summed E-state index contributed by atoms with van der Waals surface area (Å²) in [4.78, 5) is 4.19. The molecule has 6 nitrogen and oxygen atoms in total. The van der Waals surface area contributed by atoms with Crippen molar-refractivity contribution in [2.75, 3.05) is 13.6 Å². The largest absolute Gasteiger partial charge is 0.416 e. The number of aromatic nitrogens is 3.